The Morgan fingerprint density at radius 2 is 1.80 bits per heavy atom. The monoisotopic (exact) mass is 205 g/mol. The van der Waals surface area contributed by atoms with Crippen LogP contribution in [0.1, 0.15) is 19.8 Å². The molecule has 2 rings (SSSR count). The molecule has 1 fully saturated rings. The summed E-state index contributed by atoms with van der Waals surface area (Å²) in [4.78, 5) is 2.47. The highest BCUT2D eigenvalue weighted by Gasteiger charge is 2.17. The molecule has 82 valence electrons. The van der Waals surface area contributed by atoms with Gasteiger partial charge >= 0.3 is 0 Å². The van der Waals surface area contributed by atoms with Gasteiger partial charge in [0.2, 0.25) is 0 Å². The fourth-order valence-corrected chi connectivity index (χ4v) is 2.04. The zero-order valence-electron chi connectivity index (χ0n) is 9.24. The average molecular weight is 205 g/mol. The number of hydrogen-bond donors (Lipinski definition) is 2. The molecule has 1 aromatic rings. The molecule has 15 heavy (non-hydrogen) atoms. The number of likely N-dealkylation sites (tertiary alicyclic amines) is 1. The highest BCUT2D eigenvalue weighted by molar-refractivity contribution is 5.51. The van der Waals surface area contributed by atoms with E-state index in [-0.39, 0.29) is 0 Å². The molecule has 3 heteroatoms. The van der Waals surface area contributed by atoms with Crippen molar-refractivity contribution in [1.82, 2.24) is 4.90 Å². The topological polar surface area (TPSA) is 41.3 Å². The van der Waals surface area contributed by atoms with Crippen molar-refractivity contribution < 1.29 is 0 Å². The van der Waals surface area contributed by atoms with Crippen molar-refractivity contribution in [3.8, 4) is 0 Å². The van der Waals surface area contributed by atoms with Crippen molar-refractivity contribution in [2.24, 2.45) is 0 Å². The lowest BCUT2D eigenvalue weighted by Crippen LogP contribution is -2.36. The second kappa shape index (κ2) is 4.53. The summed E-state index contributed by atoms with van der Waals surface area (Å²) in [7, 11) is 0. The Hall–Kier alpha value is -1.22. The maximum absolute atomic E-state index is 5.64. The average Bonchev–Trinajstić information content (AvgIpc) is 2.74. The fourth-order valence-electron chi connectivity index (χ4n) is 2.04. The molecule has 1 saturated heterocycles. The first-order valence-corrected chi connectivity index (χ1v) is 5.62. The van der Waals surface area contributed by atoms with E-state index in [1.165, 1.54) is 25.9 Å². The number of nitrogens with two attached hydrogens (primary N) is 1. The standard InChI is InChI=1S/C12H19N3/c1-10(15-8-2-3-9-15)14-12-6-4-11(13)5-7-12/h4-7,10,14H,2-3,8-9,13H2,1H3. The molecule has 0 aromatic heterocycles. The number of nitrogens with one attached hydrogen (secondary N) is 1. The van der Waals surface area contributed by atoms with Crippen molar-refractivity contribution in [2.75, 3.05) is 24.1 Å². The normalized spacial score (nSPS) is 19.0. The Morgan fingerprint density at radius 3 is 2.40 bits per heavy atom. The predicted octanol–water partition coefficient (Wildman–Crippen LogP) is 2.12. The number of hydrogen-bond acceptors (Lipinski definition) is 3. The molecule has 3 N–H and O–H groups in total. The minimum Gasteiger partial charge on any atom is -0.399 e. The van der Waals surface area contributed by atoms with Gasteiger partial charge in [0.05, 0.1) is 6.17 Å². The van der Waals surface area contributed by atoms with Crippen molar-refractivity contribution in [2.45, 2.75) is 25.9 Å². The van der Waals surface area contributed by atoms with E-state index >= 15 is 0 Å². The van der Waals surface area contributed by atoms with Crippen molar-refractivity contribution in [1.29, 1.82) is 0 Å². The largest absolute Gasteiger partial charge is 0.399 e. The lowest BCUT2D eigenvalue weighted by molar-refractivity contribution is 0.283. The summed E-state index contributed by atoms with van der Waals surface area (Å²) in [6, 6.07) is 7.92. The van der Waals surface area contributed by atoms with E-state index in [1.807, 2.05) is 24.3 Å². The molecule has 0 spiro atoms. The molecular weight excluding hydrogens is 186 g/mol. The second-order valence-corrected chi connectivity index (χ2v) is 4.19. The lowest BCUT2D eigenvalue weighted by Gasteiger charge is -2.25. The summed E-state index contributed by atoms with van der Waals surface area (Å²) in [6.45, 7) is 4.63. The summed E-state index contributed by atoms with van der Waals surface area (Å²) in [5, 5.41) is 3.48. The molecule has 1 atom stereocenters. The molecule has 3 nitrogen and oxygen atoms in total. The summed E-state index contributed by atoms with van der Waals surface area (Å²) in [5.74, 6) is 0. The minimum absolute atomic E-state index is 0.413. The summed E-state index contributed by atoms with van der Waals surface area (Å²) < 4.78 is 0. The quantitative estimate of drug-likeness (QED) is 0.743. The SMILES string of the molecule is CC(Nc1ccc(N)cc1)N1CCCC1. The van der Waals surface area contributed by atoms with Crippen molar-refractivity contribution in [3.63, 3.8) is 0 Å². The molecule has 0 amide bonds. The summed E-state index contributed by atoms with van der Waals surface area (Å²) in [5.41, 5.74) is 7.60. The fraction of sp³-hybridized carbons (Fsp3) is 0.500. The van der Waals surface area contributed by atoms with Crippen molar-refractivity contribution >= 4 is 11.4 Å². The minimum atomic E-state index is 0.413. The first kappa shape index (κ1) is 10.3. The lowest BCUT2D eigenvalue weighted by atomic mass is 10.3. The van der Waals surface area contributed by atoms with Gasteiger partial charge in [-0.15, -0.1) is 0 Å². The molecule has 0 saturated carbocycles. The molecule has 1 aromatic carbocycles. The Bertz CT molecular complexity index is 301. The van der Waals surface area contributed by atoms with Gasteiger partial charge in [-0.2, -0.15) is 0 Å². The van der Waals surface area contributed by atoms with Crippen LogP contribution in [0, 0.1) is 0 Å². The number of rotatable bonds is 3. The van der Waals surface area contributed by atoms with Crippen molar-refractivity contribution in [3.05, 3.63) is 24.3 Å². The number of nitrogen functional groups attached to an aromatic ring is 1. The summed E-state index contributed by atoms with van der Waals surface area (Å²) >= 11 is 0. The maximum atomic E-state index is 5.64. The molecule has 0 aliphatic carbocycles. The molecular formula is C12H19N3. The highest BCUT2D eigenvalue weighted by atomic mass is 15.3. The van der Waals surface area contributed by atoms with E-state index < -0.39 is 0 Å². The Morgan fingerprint density at radius 1 is 1.20 bits per heavy atom. The number of nitrogens with zero attached hydrogens (tertiary/aromatic N) is 1. The zero-order valence-corrected chi connectivity index (χ0v) is 9.24. The van der Waals surface area contributed by atoms with E-state index in [0.29, 0.717) is 6.17 Å². The zero-order chi connectivity index (χ0) is 10.7. The molecule has 1 unspecified atom stereocenters. The molecule has 1 heterocycles. The van der Waals surface area contributed by atoms with Crippen LogP contribution in [0.4, 0.5) is 11.4 Å². The first-order valence-electron chi connectivity index (χ1n) is 5.62. The van der Waals surface area contributed by atoms with Gasteiger partial charge in [-0.05, 0) is 44.0 Å². The highest BCUT2D eigenvalue weighted by Crippen LogP contribution is 2.16. The van der Waals surface area contributed by atoms with E-state index in [2.05, 4.69) is 17.1 Å². The van der Waals surface area contributed by atoms with Gasteiger partial charge in [0.25, 0.3) is 0 Å². The Kier molecular flexibility index (Phi) is 3.11. The third-order valence-electron chi connectivity index (χ3n) is 2.97. The van der Waals surface area contributed by atoms with Crippen LogP contribution in [0.25, 0.3) is 0 Å². The smallest absolute Gasteiger partial charge is 0.0764 e. The van der Waals surface area contributed by atoms with E-state index in [0.717, 1.165) is 11.4 Å². The Balaban J connectivity index is 1.92. The van der Waals surface area contributed by atoms with Crippen LogP contribution in [-0.4, -0.2) is 24.2 Å². The van der Waals surface area contributed by atoms with E-state index in [9.17, 15) is 0 Å². The third-order valence-corrected chi connectivity index (χ3v) is 2.97. The van der Waals surface area contributed by atoms with Gasteiger partial charge < -0.3 is 11.1 Å². The van der Waals surface area contributed by atoms with Gasteiger partial charge in [-0.1, -0.05) is 0 Å². The van der Waals surface area contributed by atoms with E-state index in [4.69, 9.17) is 5.73 Å². The van der Waals surface area contributed by atoms with Crippen LogP contribution >= 0.6 is 0 Å². The van der Waals surface area contributed by atoms with Crippen LogP contribution in [0.5, 0.6) is 0 Å². The van der Waals surface area contributed by atoms with Gasteiger partial charge in [-0.3, -0.25) is 4.90 Å². The maximum Gasteiger partial charge on any atom is 0.0764 e. The van der Waals surface area contributed by atoms with Crippen LogP contribution in [0.15, 0.2) is 24.3 Å². The van der Waals surface area contributed by atoms with Crippen LogP contribution in [0.3, 0.4) is 0 Å². The van der Waals surface area contributed by atoms with Gasteiger partial charge in [0.1, 0.15) is 0 Å². The number of benzene rings is 1. The van der Waals surface area contributed by atoms with Gasteiger partial charge in [0, 0.05) is 24.5 Å². The Labute approximate surface area is 91.3 Å². The molecule has 0 bridgehead atoms. The van der Waals surface area contributed by atoms with Gasteiger partial charge in [-0.25, -0.2) is 0 Å². The third kappa shape index (κ3) is 2.63. The first-order chi connectivity index (χ1) is 7.25. The van der Waals surface area contributed by atoms with Crippen LogP contribution in [0.2, 0.25) is 0 Å². The predicted molar refractivity (Wildman–Crippen MR) is 64.7 cm³/mol. The number of anilines is 2. The second-order valence-electron chi connectivity index (χ2n) is 4.19. The molecule has 0 radical (unpaired) electrons. The van der Waals surface area contributed by atoms with Gasteiger partial charge in [0.15, 0.2) is 0 Å². The molecule has 1 aliphatic rings. The van der Waals surface area contributed by atoms with E-state index in [1.54, 1.807) is 0 Å². The summed E-state index contributed by atoms with van der Waals surface area (Å²) in [6.07, 6.45) is 3.07. The molecule has 1 aliphatic heterocycles. The van der Waals surface area contributed by atoms with Crippen LogP contribution in [-0.2, 0) is 0 Å². The van der Waals surface area contributed by atoms with Crippen LogP contribution < -0.4 is 11.1 Å².